The number of piperidine rings is 1. The number of likely N-dealkylation sites (tertiary alicyclic amines) is 1. The Hall–Kier alpha value is -1.52. The summed E-state index contributed by atoms with van der Waals surface area (Å²) in [7, 11) is 0. The summed E-state index contributed by atoms with van der Waals surface area (Å²) in [5.41, 5.74) is -0.0103. The van der Waals surface area contributed by atoms with Crippen molar-refractivity contribution in [2.45, 2.75) is 39.4 Å². The molecule has 0 amide bonds. The van der Waals surface area contributed by atoms with Crippen molar-refractivity contribution in [2.24, 2.45) is 5.92 Å². The van der Waals surface area contributed by atoms with Gasteiger partial charge < -0.3 is 14.4 Å². The molecule has 0 atom stereocenters. The van der Waals surface area contributed by atoms with Gasteiger partial charge in [0.05, 0.1) is 0 Å². The van der Waals surface area contributed by atoms with E-state index in [4.69, 9.17) is 9.47 Å². The lowest BCUT2D eigenvalue weighted by Gasteiger charge is -2.32. The summed E-state index contributed by atoms with van der Waals surface area (Å²) in [6, 6.07) is 0. The molecule has 2 heterocycles. The van der Waals surface area contributed by atoms with Crippen LogP contribution < -0.4 is 0 Å². The standard InChI is InChI=1S/C13H19NO4/c1-9-4-6-14(7-5-9)8-10-11(15)17-13(2,3)18-12(10)16/h8-9H,4-7H2,1-3H3. The fourth-order valence-corrected chi connectivity index (χ4v) is 2.11. The summed E-state index contributed by atoms with van der Waals surface area (Å²) >= 11 is 0. The van der Waals surface area contributed by atoms with Crippen molar-refractivity contribution < 1.29 is 19.1 Å². The minimum absolute atomic E-state index is 0.0103. The van der Waals surface area contributed by atoms with E-state index in [1.54, 1.807) is 20.0 Å². The first-order chi connectivity index (χ1) is 8.37. The third kappa shape index (κ3) is 2.83. The molecule has 0 radical (unpaired) electrons. The number of carbonyl (C=O) groups is 2. The zero-order valence-electron chi connectivity index (χ0n) is 11.1. The molecule has 2 aliphatic rings. The van der Waals surface area contributed by atoms with Gasteiger partial charge in [0.1, 0.15) is 0 Å². The van der Waals surface area contributed by atoms with Gasteiger partial charge in [0.25, 0.3) is 5.79 Å². The van der Waals surface area contributed by atoms with Gasteiger partial charge in [-0.05, 0) is 18.8 Å². The second kappa shape index (κ2) is 4.63. The van der Waals surface area contributed by atoms with Gasteiger partial charge >= 0.3 is 11.9 Å². The summed E-state index contributed by atoms with van der Waals surface area (Å²) in [5, 5.41) is 0. The third-order valence-electron chi connectivity index (χ3n) is 3.25. The normalized spacial score (nSPS) is 24.6. The van der Waals surface area contributed by atoms with Crippen molar-refractivity contribution >= 4 is 11.9 Å². The quantitative estimate of drug-likeness (QED) is 0.402. The first kappa shape index (κ1) is 12.9. The molecule has 18 heavy (non-hydrogen) atoms. The van der Waals surface area contributed by atoms with E-state index in [-0.39, 0.29) is 5.57 Å². The molecular formula is C13H19NO4. The maximum absolute atomic E-state index is 11.7. The SMILES string of the molecule is CC1CCN(C=C2C(=O)OC(C)(C)OC2=O)CC1. The van der Waals surface area contributed by atoms with Gasteiger partial charge in [-0.1, -0.05) is 6.92 Å². The maximum atomic E-state index is 11.7. The van der Waals surface area contributed by atoms with Crippen LogP contribution in [0.3, 0.4) is 0 Å². The van der Waals surface area contributed by atoms with Gasteiger partial charge in [-0.2, -0.15) is 0 Å². The Morgan fingerprint density at radius 2 is 1.67 bits per heavy atom. The summed E-state index contributed by atoms with van der Waals surface area (Å²) in [6.45, 7) is 7.00. The Bertz CT molecular complexity index is 370. The monoisotopic (exact) mass is 253 g/mol. The van der Waals surface area contributed by atoms with Gasteiger partial charge in [-0.15, -0.1) is 0 Å². The Morgan fingerprint density at radius 3 is 2.17 bits per heavy atom. The predicted octanol–water partition coefficient (Wildman–Crippen LogP) is 1.44. The molecule has 0 spiro atoms. The summed E-state index contributed by atoms with van der Waals surface area (Å²) in [6.07, 6.45) is 3.71. The number of esters is 2. The van der Waals surface area contributed by atoms with E-state index >= 15 is 0 Å². The van der Waals surface area contributed by atoms with Gasteiger partial charge in [0.15, 0.2) is 5.57 Å². The molecule has 2 aliphatic heterocycles. The lowest BCUT2D eigenvalue weighted by molar-refractivity contribution is -0.222. The van der Waals surface area contributed by atoms with Crippen LogP contribution in [0.15, 0.2) is 11.8 Å². The Labute approximate surface area is 107 Å². The minimum Gasteiger partial charge on any atom is -0.419 e. The predicted molar refractivity (Wildman–Crippen MR) is 64.3 cm³/mol. The molecule has 0 N–H and O–H groups in total. The van der Waals surface area contributed by atoms with E-state index in [0.29, 0.717) is 5.92 Å². The summed E-state index contributed by atoms with van der Waals surface area (Å²) in [4.78, 5) is 25.5. The second-order valence-corrected chi connectivity index (χ2v) is 5.44. The van der Waals surface area contributed by atoms with Crippen molar-refractivity contribution in [1.82, 2.24) is 4.90 Å². The largest absolute Gasteiger partial charge is 0.419 e. The number of ether oxygens (including phenoxy) is 2. The number of carbonyl (C=O) groups excluding carboxylic acids is 2. The number of cyclic esters (lactones) is 2. The first-order valence-corrected chi connectivity index (χ1v) is 6.30. The number of nitrogens with zero attached hydrogens (tertiary/aromatic N) is 1. The molecule has 0 aliphatic carbocycles. The van der Waals surface area contributed by atoms with E-state index in [2.05, 4.69) is 6.92 Å². The number of rotatable bonds is 1. The summed E-state index contributed by atoms with van der Waals surface area (Å²) < 4.78 is 10.1. The molecule has 0 aromatic rings. The number of hydrogen-bond acceptors (Lipinski definition) is 5. The lowest BCUT2D eigenvalue weighted by Crippen LogP contribution is -2.42. The van der Waals surface area contributed by atoms with Crippen molar-refractivity contribution in [3.63, 3.8) is 0 Å². The fourth-order valence-electron chi connectivity index (χ4n) is 2.11. The van der Waals surface area contributed by atoms with Crippen molar-refractivity contribution in [2.75, 3.05) is 13.1 Å². The van der Waals surface area contributed by atoms with Gasteiger partial charge in [0.2, 0.25) is 0 Å². The highest BCUT2D eigenvalue weighted by Gasteiger charge is 2.39. The molecule has 5 nitrogen and oxygen atoms in total. The molecular weight excluding hydrogens is 234 g/mol. The second-order valence-electron chi connectivity index (χ2n) is 5.44. The van der Waals surface area contributed by atoms with Crippen LogP contribution >= 0.6 is 0 Å². The molecule has 0 aromatic heterocycles. The molecule has 0 bridgehead atoms. The highest BCUT2D eigenvalue weighted by Crippen LogP contribution is 2.24. The van der Waals surface area contributed by atoms with E-state index in [0.717, 1.165) is 25.9 Å². The van der Waals surface area contributed by atoms with Crippen LogP contribution in [0.2, 0.25) is 0 Å². The Morgan fingerprint density at radius 1 is 1.17 bits per heavy atom. The third-order valence-corrected chi connectivity index (χ3v) is 3.25. The van der Waals surface area contributed by atoms with Crippen LogP contribution in [0.5, 0.6) is 0 Å². The van der Waals surface area contributed by atoms with Crippen molar-refractivity contribution in [3.8, 4) is 0 Å². The van der Waals surface area contributed by atoms with Crippen LogP contribution in [-0.4, -0.2) is 35.7 Å². The maximum Gasteiger partial charge on any atom is 0.350 e. The lowest BCUT2D eigenvalue weighted by atomic mass is 9.99. The van der Waals surface area contributed by atoms with Gasteiger partial charge in [-0.25, -0.2) is 9.59 Å². The molecule has 5 heteroatoms. The minimum atomic E-state index is -1.16. The summed E-state index contributed by atoms with van der Waals surface area (Å²) in [5.74, 6) is -1.67. The first-order valence-electron chi connectivity index (χ1n) is 6.30. The number of hydrogen-bond donors (Lipinski definition) is 0. The average Bonchev–Trinajstić information content (AvgIpc) is 2.24. The van der Waals surface area contributed by atoms with Crippen LogP contribution in [0.4, 0.5) is 0 Å². The molecule has 2 saturated heterocycles. The molecule has 100 valence electrons. The van der Waals surface area contributed by atoms with E-state index in [1.807, 2.05) is 4.90 Å². The highest BCUT2D eigenvalue weighted by molar-refractivity contribution is 6.15. The van der Waals surface area contributed by atoms with Crippen LogP contribution in [0.25, 0.3) is 0 Å². The Kier molecular flexibility index (Phi) is 3.32. The zero-order valence-corrected chi connectivity index (χ0v) is 11.1. The fraction of sp³-hybridized carbons (Fsp3) is 0.692. The van der Waals surface area contributed by atoms with Gasteiger partial charge in [-0.3, -0.25) is 0 Å². The zero-order chi connectivity index (χ0) is 13.3. The van der Waals surface area contributed by atoms with Crippen LogP contribution in [0, 0.1) is 5.92 Å². The molecule has 0 saturated carbocycles. The average molecular weight is 253 g/mol. The van der Waals surface area contributed by atoms with Crippen molar-refractivity contribution in [3.05, 3.63) is 11.8 Å². The topological polar surface area (TPSA) is 55.8 Å². The molecule has 0 unspecified atom stereocenters. The van der Waals surface area contributed by atoms with Crippen LogP contribution in [0.1, 0.15) is 33.6 Å². The smallest absolute Gasteiger partial charge is 0.350 e. The van der Waals surface area contributed by atoms with E-state index in [9.17, 15) is 9.59 Å². The Balaban J connectivity index is 2.08. The van der Waals surface area contributed by atoms with Crippen LogP contribution in [-0.2, 0) is 19.1 Å². The molecule has 2 fully saturated rings. The highest BCUT2D eigenvalue weighted by atomic mass is 16.7. The van der Waals surface area contributed by atoms with E-state index < -0.39 is 17.7 Å². The van der Waals surface area contributed by atoms with E-state index in [1.165, 1.54) is 0 Å². The molecule has 2 rings (SSSR count). The molecule has 0 aromatic carbocycles. The van der Waals surface area contributed by atoms with Crippen molar-refractivity contribution in [1.29, 1.82) is 0 Å². The van der Waals surface area contributed by atoms with Gasteiger partial charge in [0, 0.05) is 33.1 Å².